The second kappa shape index (κ2) is 3.10. The topological polar surface area (TPSA) is 34.1 Å². The van der Waals surface area contributed by atoms with Crippen LogP contribution in [0.2, 0.25) is 0 Å². The molecule has 0 aliphatic heterocycles. The van der Waals surface area contributed by atoms with Gasteiger partial charge in [-0.25, -0.2) is 8.42 Å². The Morgan fingerprint density at radius 1 is 1.31 bits per heavy atom. The fourth-order valence-electron chi connectivity index (χ4n) is 1.70. The lowest BCUT2D eigenvalue weighted by atomic mass is 10.00. The smallest absolute Gasteiger partial charge is 0.177 e. The van der Waals surface area contributed by atoms with Gasteiger partial charge >= 0.3 is 0 Å². The van der Waals surface area contributed by atoms with Crippen LogP contribution in [-0.2, 0) is 22.7 Å². The minimum absolute atomic E-state index is 0.451. The number of rotatable bonds is 1. The van der Waals surface area contributed by atoms with Crippen LogP contribution in [0.5, 0.6) is 0 Å². The number of sulfone groups is 1. The average molecular weight is 215 g/mol. The molecule has 2 nitrogen and oxygen atoms in total. The summed E-state index contributed by atoms with van der Waals surface area (Å²) in [7, 11) is -3.05. The van der Waals surface area contributed by atoms with Crippen molar-refractivity contribution in [2.75, 3.05) is 6.26 Å². The van der Waals surface area contributed by atoms with E-state index in [9.17, 15) is 8.42 Å². The van der Waals surface area contributed by atoms with Gasteiger partial charge in [0, 0.05) is 11.1 Å². The van der Waals surface area contributed by atoms with Crippen molar-refractivity contribution < 1.29 is 8.42 Å². The Balaban J connectivity index is 2.55. The molecule has 0 bridgehead atoms. The Labute approximate surface area is 82.5 Å². The molecule has 0 N–H and O–H groups in total. The third kappa shape index (κ3) is 1.65. The van der Waals surface area contributed by atoms with Gasteiger partial charge in [0.1, 0.15) is 0 Å². The SMILES string of the molecule is CS(=O)(=O)c1[c]sc2c1CCCC2. The van der Waals surface area contributed by atoms with E-state index in [-0.39, 0.29) is 0 Å². The lowest BCUT2D eigenvalue weighted by Crippen LogP contribution is -2.05. The van der Waals surface area contributed by atoms with E-state index in [2.05, 4.69) is 5.38 Å². The second-order valence-corrected chi connectivity index (χ2v) is 6.27. The highest BCUT2D eigenvalue weighted by atomic mass is 32.2. The van der Waals surface area contributed by atoms with Crippen LogP contribution in [0.4, 0.5) is 0 Å². The Morgan fingerprint density at radius 2 is 2.00 bits per heavy atom. The molecule has 0 saturated carbocycles. The van der Waals surface area contributed by atoms with Crippen molar-refractivity contribution >= 4 is 21.2 Å². The molecule has 0 amide bonds. The highest BCUT2D eigenvalue weighted by Crippen LogP contribution is 2.32. The van der Waals surface area contributed by atoms with E-state index in [4.69, 9.17) is 0 Å². The van der Waals surface area contributed by atoms with Crippen LogP contribution >= 0.6 is 11.3 Å². The van der Waals surface area contributed by atoms with Crippen molar-refractivity contribution in [2.45, 2.75) is 30.6 Å². The van der Waals surface area contributed by atoms with Gasteiger partial charge in [-0.1, -0.05) is 0 Å². The van der Waals surface area contributed by atoms with Gasteiger partial charge in [-0.05, 0) is 31.2 Å². The summed E-state index contributed by atoms with van der Waals surface area (Å²) in [6, 6.07) is 0. The molecule has 1 aliphatic carbocycles. The fourth-order valence-corrected chi connectivity index (χ4v) is 4.08. The third-order valence-electron chi connectivity index (χ3n) is 2.33. The van der Waals surface area contributed by atoms with Gasteiger partial charge in [-0.2, -0.15) is 0 Å². The molecule has 0 spiro atoms. The summed E-state index contributed by atoms with van der Waals surface area (Å²) in [5.41, 5.74) is 1.04. The van der Waals surface area contributed by atoms with Gasteiger partial charge in [0.15, 0.2) is 9.84 Å². The first-order chi connectivity index (χ1) is 6.09. The first-order valence-electron chi connectivity index (χ1n) is 4.31. The molecule has 1 heterocycles. The van der Waals surface area contributed by atoms with E-state index >= 15 is 0 Å². The number of fused-ring (bicyclic) bond motifs is 1. The standard InChI is InChI=1S/C9H11O2S2/c1-13(10,11)9-6-12-8-5-3-2-4-7(8)9/h2-5H2,1H3. The maximum absolute atomic E-state index is 11.3. The zero-order chi connectivity index (χ0) is 9.47. The van der Waals surface area contributed by atoms with Crippen LogP contribution in [0.3, 0.4) is 0 Å². The fraction of sp³-hybridized carbons (Fsp3) is 0.556. The van der Waals surface area contributed by atoms with E-state index in [1.165, 1.54) is 28.9 Å². The van der Waals surface area contributed by atoms with E-state index in [1.54, 1.807) is 0 Å². The predicted molar refractivity (Wildman–Crippen MR) is 52.9 cm³/mol. The molecular weight excluding hydrogens is 204 g/mol. The van der Waals surface area contributed by atoms with E-state index in [1.807, 2.05) is 0 Å². The van der Waals surface area contributed by atoms with Crippen LogP contribution in [0, 0.1) is 5.38 Å². The van der Waals surface area contributed by atoms with Crippen LogP contribution < -0.4 is 0 Å². The molecule has 1 aromatic heterocycles. The van der Waals surface area contributed by atoms with Crippen LogP contribution in [-0.4, -0.2) is 14.7 Å². The zero-order valence-corrected chi connectivity index (χ0v) is 9.09. The summed E-state index contributed by atoms with van der Waals surface area (Å²) in [6.07, 6.45) is 5.51. The van der Waals surface area contributed by atoms with Crippen molar-refractivity contribution in [2.24, 2.45) is 0 Å². The summed E-state index contributed by atoms with van der Waals surface area (Å²) in [5, 5.41) is 2.91. The normalized spacial score (nSPS) is 17.0. The Bertz CT molecular complexity index is 415. The van der Waals surface area contributed by atoms with Crippen LogP contribution in [0.1, 0.15) is 23.3 Å². The molecule has 0 aromatic carbocycles. The molecule has 1 aromatic rings. The molecule has 0 saturated heterocycles. The Hall–Kier alpha value is -0.350. The molecule has 0 unspecified atom stereocenters. The van der Waals surface area contributed by atoms with E-state index < -0.39 is 9.84 Å². The number of thiophene rings is 1. The molecule has 1 aliphatic rings. The maximum atomic E-state index is 11.3. The minimum atomic E-state index is -3.05. The van der Waals surface area contributed by atoms with Gasteiger partial charge in [0.25, 0.3) is 0 Å². The Kier molecular flexibility index (Phi) is 2.20. The molecule has 1 radical (unpaired) electrons. The van der Waals surface area contributed by atoms with Gasteiger partial charge < -0.3 is 0 Å². The summed E-state index contributed by atoms with van der Waals surface area (Å²) < 4.78 is 22.7. The number of hydrogen-bond acceptors (Lipinski definition) is 3. The van der Waals surface area contributed by atoms with Crippen molar-refractivity contribution in [3.63, 3.8) is 0 Å². The Morgan fingerprint density at radius 3 is 2.69 bits per heavy atom. The molecule has 0 atom stereocenters. The largest absolute Gasteiger partial charge is 0.224 e. The summed E-state index contributed by atoms with van der Waals surface area (Å²) in [4.78, 5) is 1.68. The van der Waals surface area contributed by atoms with Gasteiger partial charge in [-0.15, -0.1) is 11.3 Å². The minimum Gasteiger partial charge on any atom is -0.224 e. The molecule has 71 valence electrons. The molecule has 4 heteroatoms. The summed E-state index contributed by atoms with van der Waals surface area (Å²) in [6.45, 7) is 0. The molecule has 13 heavy (non-hydrogen) atoms. The van der Waals surface area contributed by atoms with Crippen molar-refractivity contribution in [3.8, 4) is 0 Å². The third-order valence-corrected chi connectivity index (χ3v) is 4.55. The van der Waals surface area contributed by atoms with Crippen LogP contribution in [0.15, 0.2) is 4.90 Å². The van der Waals surface area contributed by atoms with Gasteiger partial charge in [0.05, 0.1) is 10.3 Å². The van der Waals surface area contributed by atoms with Gasteiger partial charge in [0.2, 0.25) is 0 Å². The quantitative estimate of drug-likeness (QED) is 0.716. The highest BCUT2D eigenvalue weighted by Gasteiger charge is 2.21. The first-order valence-corrected chi connectivity index (χ1v) is 7.02. The van der Waals surface area contributed by atoms with Crippen LogP contribution in [0.25, 0.3) is 0 Å². The first kappa shape index (κ1) is 9.21. The predicted octanol–water partition coefficient (Wildman–Crippen LogP) is 1.83. The average Bonchev–Trinajstić information content (AvgIpc) is 2.45. The van der Waals surface area contributed by atoms with Gasteiger partial charge in [-0.3, -0.25) is 0 Å². The number of hydrogen-bond donors (Lipinski definition) is 0. The monoisotopic (exact) mass is 215 g/mol. The highest BCUT2D eigenvalue weighted by molar-refractivity contribution is 7.90. The van der Waals surface area contributed by atoms with E-state index in [0.29, 0.717) is 4.90 Å². The van der Waals surface area contributed by atoms with E-state index in [0.717, 1.165) is 24.8 Å². The van der Waals surface area contributed by atoms with Crippen molar-refractivity contribution in [1.29, 1.82) is 0 Å². The summed E-state index contributed by atoms with van der Waals surface area (Å²) >= 11 is 1.47. The van der Waals surface area contributed by atoms with Crippen molar-refractivity contribution in [3.05, 3.63) is 15.8 Å². The molecule has 2 rings (SSSR count). The molecular formula is C9H11O2S2. The maximum Gasteiger partial charge on any atom is 0.177 e. The lowest BCUT2D eigenvalue weighted by Gasteiger charge is -2.11. The number of aryl methyl sites for hydroxylation is 1. The summed E-state index contributed by atoms with van der Waals surface area (Å²) in [5.74, 6) is 0. The van der Waals surface area contributed by atoms with Crippen molar-refractivity contribution in [1.82, 2.24) is 0 Å². The molecule has 0 fully saturated rings. The zero-order valence-electron chi connectivity index (χ0n) is 7.46. The second-order valence-electron chi connectivity index (χ2n) is 3.41. The lowest BCUT2D eigenvalue weighted by molar-refractivity contribution is 0.598.